The van der Waals surface area contributed by atoms with Crippen LogP contribution in [0.3, 0.4) is 0 Å². The fourth-order valence-corrected chi connectivity index (χ4v) is 4.20. The van der Waals surface area contributed by atoms with Gasteiger partial charge in [-0.1, -0.05) is 0 Å². The van der Waals surface area contributed by atoms with Gasteiger partial charge in [0.2, 0.25) is 17.8 Å². The summed E-state index contributed by atoms with van der Waals surface area (Å²) in [4.78, 5) is 46.3. The molecule has 38 heavy (non-hydrogen) atoms. The fourth-order valence-electron chi connectivity index (χ4n) is 4.20. The van der Waals surface area contributed by atoms with E-state index in [1.54, 1.807) is 4.90 Å². The number of anilines is 3. The lowest BCUT2D eigenvalue weighted by Crippen LogP contribution is -2.49. The molecule has 0 spiro atoms. The van der Waals surface area contributed by atoms with Gasteiger partial charge in [-0.3, -0.25) is 9.59 Å². The summed E-state index contributed by atoms with van der Waals surface area (Å²) in [5, 5.41) is 0. The Morgan fingerprint density at radius 2 is 1.63 bits per heavy atom. The lowest BCUT2D eigenvalue weighted by molar-refractivity contribution is -0.141. The van der Waals surface area contributed by atoms with Crippen molar-refractivity contribution in [2.24, 2.45) is 0 Å². The summed E-state index contributed by atoms with van der Waals surface area (Å²) in [5.74, 6) is -0.441. The van der Waals surface area contributed by atoms with E-state index in [2.05, 4.69) is 24.7 Å². The van der Waals surface area contributed by atoms with Crippen molar-refractivity contribution < 1.29 is 32.2 Å². The van der Waals surface area contributed by atoms with Crippen LogP contribution >= 0.6 is 0 Å². The predicted molar refractivity (Wildman–Crippen MR) is 130 cm³/mol. The molecule has 15 heteroatoms. The molecule has 2 N–H and O–H groups in total. The lowest BCUT2D eigenvalue weighted by Gasteiger charge is -2.35. The molecular weight excluding hydrogens is 509 g/mol. The highest BCUT2D eigenvalue weighted by Crippen LogP contribution is 2.37. The molecule has 0 aromatic carbocycles. The van der Waals surface area contributed by atoms with Gasteiger partial charge in [0.05, 0.1) is 31.5 Å². The summed E-state index contributed by atoms with van der Waals surface area (Å²) < 4.78 is 51.5. The maximum atomic E-state index is 13.8. The molecule has 0 atom stereocenters. The number of carbonyl (C=O) groups excluding carboxylic acids is 2. The first-order valence-electron chi connectivity index (χ1n) is 12.2. The standard InChI is InChI=1S/C23H29F3N8O4/c1-37-19(36)4-2-3-18(35)32-5-7-33(8-6-32)21-29-20(30-22(31-21)34-9-11-38-12-10-34)15-14-28-17(27)13-16(15)23(24,25)26/h13-14H,2-12H2,1H3,(H2,27,28). The van der Waals surface area contributed by atoms with Gasteiger partial charge in [-0.05, 0) is 12.5 Å². The molecular formula is C23H29F3N8O4. The molecule has 2 fully saturated rings. The predicted octanol–water partition coefficient (Wildman–Crippen LogP) is 1.36. The van der Waals surface area contributed by atoms with Crippen molar-refractivity contribution in [1.29, 1.82) is 0 Å². The van der Waals surface area contributed by atoms with Crippen molar-refractivity contribution >= 4 is 29.6 Å². The Kier molecular flexibility index (Phi) is 8.44. The van der Waals surface area contributed by atoms with E-state index in [9.17, 15) is 22.8 Å². The van der Waals surface area contributed by atoms with Crippen LogP contribution in [0.15, 0.2) is 12.3 Å². The number of carbonyl (C=O) groups is 2. The maximum absolute atomic E-state index is 13.8. The highest BCUT2D eigenvalue weighted by Gasteiger charge is 2.36. The fraction of sp³-hybridized carbons (Fsp3) is 0.565. The maximum Gasteiger partial charge on any atom is 0.417 e. The zero-order valence-corrected chi connectivity index (χ0v) is 20.9. The third-order valence-corrected chi connectivity index (χ3v) is 6.29. The molecule has 0 unspecified atom stereocenters. The van der Waals surface area contributed by atoms with Crippen molar-refractivity contribution in [1.82, 2.24) is 24.8 Å². The lowest BCUT2D eigenvalue weighted by atomic mass is 10.1. The molecule has 0 saturated carbocycles. The van der Waals surface area contributed by atoms with Gasteiger partial charge in [-0.25, -0.2) is 4.98 Å². The first-order valence-corrected chi connectivity index (χ1v) is 12.2. The Bertz CT molecular complexity index is 1150. The number of morpholine rings is 1. The number of nitrogens with zero attached hydrogens (tertiary/aromatic N) is 7. The SMILES string of the molecule is COC(=O)CCCC(=O)N1CCN(c2nc(-c3cnc(N)cc3C(F)(F)F)nc(N3CCOCC3)n2)CC1. The third-order valence-electron chi connectivity index (χ3n) is 6.29. The van der Waals surface area contributed by atoms with Crippen LogP contribution in [0, 0.1) is 0 Å². The topological polar surface area (TPSA) is 140 Å². The summed E-state index contributed by atoms with van der Waals surface area (Å²) >= 11 is 0. The highest BCUT2D eigenvalue weighted by atomic mass is 19.4. The second-order valence-corrected chi connectivity index (χ2v) is 8.81. The number of hydrogen-bond acceptors (Lipinski definition) is 11. The van der Waals surface area contributed by atoms with Gasteiger partial charge in [0.25, 0.3) is 0 Å². The van der Waals surface area contributed by atoms with Crippen LogP contribution in [0.1, 0.15) is 24.8 Å². The van der Waals surface area contributed by atoms with Crippen molar-refractivity contribution in [2.75, 3.05) is 75.1 Å². The zero-order valence-electron chi connectivity index (χ0n) is 20.9. The van der Waals surface area contributed by atoms with Gasteiger partial charge in [-0.15, -0.1) is 0 Å². The van der Waals surface area contributed by atoms with Gasteiger partial charge in [-0.2, -0.15) is 28.1 Å². The number of alkyl halides is 3. The van der Waals surface area contributed by atoms with E-state index >= 15 is 0 Å². The number of amides is 1. The molecule has 4 heterocycles. The number of nitrogens with two attached hydrogens (primary N) is 1. The van der Waals surface area contributed by atoms with Crippen LogP contribution in [0.25, 0.3) is 11.4 Å². The number of methoxy groups -OCH3 is 1. The molecule has 206 valence electrons. The Labute approximate surface area is 216 Å². The van der Waals surface area contributed by atoms with Crippen molar-refractivity contribution in [3.63, 3.8) is 0 Å². The summed E-state index contributed by atoms with van der Waals surface area (Å²) in [6, 6.07) is 0.762. The molecule has 0 aliphatic carbocycles. The quantitative estimate of drug-likeness (QED) is 0.511. The van der Waals surface area contributed by atoms with Gasteiger partial charge in [0.1, 0.15) is 5.82 Å². The van der Waals surface area contributed by atoms with Crippen LogP contribution in [-0.4, -0.2) is 96.3 Å². The Balaban J connectivity index is 1.57. The Morgan fingerprint density at radius 1 is 1.00 bits per heavy atom. The minimum Gasteiger partial charge on any atom is -0.469 e. The van der Waals surface area contributed by atoms with E-state index in [4.69, 9.17) is 10.5 Å². The average Bonchev–Trinajstić information content (AvgIpc) is 2.92. The number of pyridine rings is 1. The minimum atomic E-state index is -4.70. The second kappa shape index (κ2) is 11.8. The van der Waals surface area contributed by atoms with Gasteiger partial charge < -0.3 is 29.9 Å². The van der Waals surface area contributed by atoms with Gasteiger partial charge in [0, 0.05) is 58.3 Å². The molecule has 2 saturated heterocycles. The van der Waals surface area contributed by atoms with E-state index in [0.717, 1.165) is 12.3 Å². The zero-order chi connectivity index (χ0) is 27.3. The van der Waals surface area contributed by atoms with Crippen LogP contribution in [0.5, 0.6) is 0 Å². The van der Waals surface area contributed by atoms with E-state index in [1.807, 2.05) is 9.80 Å². The summed E-state index contributed by atoms with van der Waals surface area (Å²) in [6.45, 7) is 3.33. The molecule has 4 rings (SSSR count). The molecule has 0 bridgehead atoms. The second-order valence-electron chi connectivity index (χ2n) is 8.81. The minimum absolute atomic E-state index is 0.0818. The highest BCUT2D eigenvalue weighted by molar-refractivity contribution is 5.77. The van der Waals surface area contributed by atoms with Crippen LogP contribution in [0.4, 0.5) is 30.9 Å². The first kappa shape index (κ1) is 27.3. The van der Waals surface area contributed by atoms with E-state index in [1.165, 1.54) is 7.11 Å². The number of piperazine rings is 1. The number of esters is 1. The molecule has 0 radical (unpaired) electrons. The molecule has 2 aromatic rings. The monoisotopic (exact) mass is 538 g/mol. The number of ether oxygens (including phenoxy) is 2. The smallest absolute Gasteiger partial charge is 0.417 e. The number of hydrogen-bond donors (Lipinski definition) is 1. The van der Waals surface area contributed by atoms with Gasteiger partial charge >= 0.3 is 12.1 Å². The van der Waals surface area contributed by atoms with Crippen molar-refractivity contribution in [3.05, 3.63) is 17.8 Å². The average molecular weight is 539 g/mol. The number of halogens is 3. The van der Waals surface area contributed by atoms with Crippen LogP contribution in [-0.2, 0) is 25.2 Å². The molecule has 12 nitrogen and oxygen atoms in total. The number of aromatic nitrogens is 4. The first-order chi connectivity index (χ1) is 18.2. The van der Waals surface area contributed by atoms with Gasteiger partial charge in [0.15, 0.2) is 5.82 Å². The number of nitrogen functional groups attached to an aromatic ring is 1. The van der Waals surface area contributed by atoms with E-state index in [0.29, 0.717) is 58.9 Å². The van der Waals surface area contributed by atoms with Crippen LogP contribution in [0.2, 0.25) is 0 Å². The molecule has 1 amide bonds. The van der Waals surface area contributed by atoms with Crippen LogP contribution < -0.4 is 15.5 Å². The largest absolute Gasteiger partial charge is 0.469 e. The van der Waals surface area contributed by atoms with E-state index in [-0.39, 0.29) is 53.8 Å². The van der Waals surface area contributed by atoms with E-state index < -0.39 is 11.7 Å². The molecule has 2 aliphatic rings. The Morgan fingerprint density at radius 3 is 2.24 bits per heavy atom. The molecule has 2 aromatic heterocycles. The number of rotatable bonds is 7. The summed E-state index contributed by atoms with van der Waals surface area (Å²) in [5.41, 5.74) is 4.25. The third kappa shape index (κ3) is 6.57. The summed E-state index contributed by atoms with van der Waals surface area (Å²) in [6.07, 6.45) is -2.90. The van der Waals surface area contributed by atoms with Crippen molar-refractivity contribution in [3.8, 4) is 11.4 Å². The molecule has 2 aliphatic heterocycles. The Hall–Kier alpha value is -3.75. The van der Waals surface area contributed by atoms with Crippen molar-refractivity contribution in [2.45, 2.75) is 25.4 Å². The summed E-state index contributed by atoms with van der Waals surface area (Å²) in [7, 11) is 1.30. The normalized spacial score (nSPS) is 16.5.